The van der Waals surface area contributed by atoms with Gasteiger partial charge in [0.2, 0.25) is 0 Å². The molecule has 184 valence electrons. The SMILES string of the molecule is O=C(O)c1ccc2c(C3CCCCC3)c3n(c2c1)CC(OCCN1CCCC1)Cc1ccccc1-3. The highest BCUT2D eigenvalue weighted by Crippen LogP contribution is 2.46. The predicted molar refractivity (Wildman–Crippen MR) is 139 cm³/mol. The fourth-order valence-electron chi connectivity index (χ4n) is 6.70. The molecule has 35 heavy (non-hydrogen) atoms. The second-order valence-electron chi connectivity index (χ2n) is 10.6. The van der Waals surface area contributed by atoms with E-state index in [1.165, 1.54) is 85.8 Å². The van der Waals surface area contributed by atoms with Crippen LogP contribution >= 0.6 is 0 Å². The van der Waals surface area contributed by atoms with Crippen LogP contribution in [-0.2, 0) is 17.7 Å². The van der Waals surface area contributed by atoms with E-state index in [4.69, 9.17) is 4.74 Å². The molecule has 2 aliphatic heterocycles. The molecule has 0 spiro atoms. The Bertz CT molecular complexity index is 1220. The number of hydrogen-bond donors (Lipinski definition) is 1. The van der Waals surface area contributed by atoms with Crippen molar-refractivity contribution in [2.24, 2.45) is 0 Å². The smallest absolute Gasteiger partial charge is 0.335 e. The largest absolute Gasteiger partial charge is 0.478 e. The third-order valence-electron chi connectivity index (χ3n) is 8.43. The van der Waals surface area contributed by atoms with Gasteiger partial charge in [0.1, 0.15) is 0 Å². The van der Waals surface area contributed by atoms with Crippen molar-refractivity contribution in [1.82, 2.24) is 9.47 Å². The Balaban J connectivity index is 1.45. The number of carboxylic acid groups (broad SMARTS) is 1. The Morgan fingerprint density at radius 3 is 2.60 bits per heavy atom. The van der Waals surface area contributed by atoms with E-state index in [2.05, 4.69) is 39.8 Å². The molecule has 2 aromatic carbocycles. The van der Waals surface area contributed by atoms with Crippen molar-refractivity contribution in [3.63, 3.8) is 0 Å². The Labute approximate surface area is 207 Å². The normalized spacial score (nSPS) is 21.1. The van der Waals surface area contributed by atoms with E-state index < -0.39 is 5.97 Å². The topological polar surface area (TPSA) is 54.7 Å². The van der Waals surface area contributed by atoms with Gasteiger partial charge in [-0.3, -0.25) is 0 Å². The molecule has 1 saturated carbocycles. The Morgan fingerprint density at radius 1 is 1.00 bits per heavy atom. The minimum absolute atomic E-state index is 0.0725. The summed E-state index contributed by atoms with van der Waals surface area (Å²) in [5.41, 5.74) is 6.78. The monoisotopic (exact) mass is 472 g/mol. The molecule has 1 atom stereocenters. The van der Waals surface area contributed by atoms with Gasteiger partial charge in [0.25, 0.3) is 0 Å². The first-order chi connectivity index (χ1) is 17.2. The molecule has 1 N–H and O–H groups in total. The highest BCUT2D eigenvalue weighted by atomic mass is 16.5. The third-order valence-corrected chi connectivity index (χ3v) is 8.43. The maximum atomic E-state index is 11.9. The molecule has 6 rings (SSSR count). The number of hydrogen-bond acceptors (Lipinski definition) is 3. The number of aromatic carboxylic acids is 1. The number of carboxylic acids is 1. The molecule has 0 radical (unpaired) electrons. The number of ether oxygens (including phenoxy) is 1. The van der Waals surface area contributed by atoms with Crippen LogP contribution in [0.1, 0.15) is 72.3 Å². The fraction of sp³-hybridized carbons (Fsp3) is 0.500. The molecule has 3 aromatic rings. The van der Waals surface area contributed by atoms with Crippen LogP contribution in [-0.4, -0.2) is 52.9 Å². The van der Waals surface area contributed by atoms with Gasteiger partial charge in [0.15, 0.2) is 0 Å². The minimum Gasteiger partial charge on any atom is -0.478 e. The molecular weight excluding hydrogens is 436 g/mol. The molecule has 3 aliphatic rings. The van der Waals surface area contributed by atoms with Crippen LogP contribution in [0, 0.1) is 0 Å². The average molecular weight is 473 g/mol. The second-order valence-corrected chi connectivity index (χ2v) is 10.6. The summed E-state index contributed by atoms with van der Waals surface area (Å²) in [6.45, 7) is 4.87. The fourth-order valence-corrected chi connectivity index (χ4v) is 6.70. The van der Waals surface area contributed by atoms with Gasteiger partial charge >= 0.3 is 5.97 Å². The van der Waals surface area contributed by atoms with Gasteiger partial charge in [0, 0.05) is 36.0 Å². The summed E-state index contributed by atoms with van der Waals surface area (Å²) in [6.07, 6.45) is 9.84. The van der Waals surface area contributed by atoms with Gasteiger partial charge in [-0.15, -0.1) is 0 Å². The van der Waals surface area contributed by atoms with E-state index >= 15 is 0 Å². The minimum atomic E-state index is -0.867. The molecule has 2 fully saturated rings. The van der Waals surface area contributed by atoms with Crippen LogP contribution in [0.25, 0.3) is 22.2 Å². The molecule has 5 nitrogen and oxygen atoms in total. The number of carbonyl (C=O) groups is 1. The van der Waals surface area contributed by atoms with E-state index in [1.807, 2.05) is 6.07 Å². The third kappa shape index (κ3) is 4.41. The summed E-state index contributed by atoms with van der Waals surface area (Å²) in [5, 5.41) is 11.0. The first kappa shape index (κ1) is 22.8. The van der Waals surface area contributed by atoms with Gasteiger partial charge in [0.05, 0.1) is 24.0 Å². The summed E-state index contributed by atoms with van der Waals surface area (Å²) < 4.78 is 8.94. The van der Waals surface area contributed by atoms with Crippen molar-refractivity contribution in [2.75, 3.05) is 26.2 Å². The van der Waals surface area contributed by atoms with Gasteiger partial charge in [-0.05, 0) is 68.0 Å². The van der Waals surface area contributed by atoms with Crippen molar-refractivity contribution >= 4 is 16.9 Å². The van der Waals surface area contributed by atoms with Crippen molar-refractivity contribution < 1.29 is 14.6 Å². The first-order valence-corrected chi connectivity index (χ1v) is 13.5. The quantitative estimate of drug-likeness (QED) is 0.472. The summed E-state index contributed by atoms with van der Waals surface area (Å²) in [6, 6.07) is 14.5. The van der Waals surface area contributed by atoms with E-state index in [9.17, 15) is 9.90 Å². The lowest BCUT2D eigenvalue weighted by Gasteiger charge is -2.24. The van der Waals surface area contributed by atoms with Gasteiger partial charge in [-0.25, -0.2) is 4.79 Å². The van der Waals surface area contributed by atoms with Crippen LogP contribution in [0.5, 0.6) is 0 Å². The number of nitrogens with zero attached hydrogens (tertiary/aromatic N) is 2. The average Bonchev–Trinajstić information content (AvgIpc) is 3.47. The van der Waals surface area contributed by atoms with E-state index in [0.29, 0.717) is 11.5 Å². The lowest BCUT2D eigenvalue weighted by atomic mass is 9.81. The van der Waals surface area contributed by atoms with E-state index in [0.717, 1.165) is 31.6 Å². The van der Waals surface area contributed by atoms with Crippen molar-refractivity contribution in [3.05, 3.63) is 59.2 Å². The highest BCUT2D eigenvalue weighted by Gasteiger charge is 2.31. The van der Waals surface area contributed by atoms with Gasteiger partial charge < -0.3 is 19.3 Å². The summed E-state index contributed by atoms with van der Waals surface area (Å²) in [7, 11) is 0. The van der Waals surface area contributed by atoms with Gasteiger partial charge in [-0.2, -0.15) is 0 Å². The zero-order valence-electron chi connectivity index (χ0n) is 20.5. The van der Waals surface area contributed by atoms with Crippen LogP contribution < -0.4 is 0 Å². The van der Waals surface area contributed by atoms with Crippen molar-refractivity contribution in [2.45, 2.75) is 69.9 Å². The molecule has 1 saturated heterocycles. The summed E-state index contributed by atoms with van der Waals surface area (Å²) >= 11 is 0. The molecule has 3 heterocycles. The number of fused-ring (bicyclic) bond motifs is 5. The van der Waals surface area contributed by atoms with E-state index in [1.54, 1.807) is 6.07 Å². The van der Waals surface area contributed by atoms with Crippen molar-refractivity contribution in [1.29, 1.82) is 0 Å². The second kappa shape index (κ2) is 9.79. The maximum absolute atomic E-state index is 11.9. The number of rotatable bonds is 6. The molecule has 0 bridgehead atoms. The van der Waals surface area contributed by atoms with Crippen LogP contribution in [0.4, 0.5) is 0 Å². The molecule has 1 aliphatic carbocycles. The molecule has 5 heteroatoms. The summed E-state index contributed by atoms with van der Waals surface area (Å²) in [5.74, 6) is -0.340. The highest BCUT2D eigenvalue weighted by molar-refractivity contribution is 5.98. The Hall–Kier alpha value is -2.63. The summed E-state index contributed by atoms with van der Waals surface area (Å²) in [4.78, 5) is 14.4. The van der Waals surface area contributed by atoms with Crippen molar-refractivity contribution in [3.8, 4) is 11.3 Å². The van der Waals surface area contributed by atoms with Crippen LogP contribution in [0.2, 0.25) is 0 Å². The predicted octanol–water partition coefficient (Wildman–Crippen LogP) is 6.09. The molecule has 0 amide bonds. The maximum Gasteiger partial charge on any atom is 0.335 e. The lowest BCUT2D eigenvalue weighted by molar-refractivity contribution is 0.0325. The lowest BCUT2D eigenvalue weighted by Crippen LogP contribution is -2.28. The number of aromatic nitrogens is 1. The Kier molecular flexibility index (Phi) is 6.38. The van der Waals surface area contributed by atoms with E-state index in [-0.39, 0.29) is 6.10 Å². The number of likely N-dealkylation sites (tertiary alicyclic amines) is 1. The molecule has 1 unspecified atom stereocenters. The number of benzene rings is 2. The molecular formula is C30H36N2O3. The standard InChI is InChI=1S/C30H36N2O3/c33-30(34)23-12-13-26-27(19-23)32-20-24(35-17-16-31-14-6-7-15-31)18-22-10-4-5-11-25(22)29(32)28(26)21-8-2-1-3-9-21/h4-5,10-13,19,21,24H,1-3,6-9,14-18,20H2,(H,33,34). The first-order valence-electron chi connectivity index (χ1n) is 13.5. The van der Waals surface area contributed by atoms with Crippen LogP contribution in [0.3, 0.4) is 0 Å². The Morgan fingerprint density at radius 2 is 1.80 bits per heavy atom. The van der Waals surface area contributed by atoms with Crippen LogP contribution in [0.15, 0.2) is 42.5 Å². The zero-order valence-corrected chi connectivity index (χ0v) is 20.5. The van der Waals surface area contributed by atoms with Gasteiger partial charge in [-0.1, -0.05) is 49.6 Å². The molecule has 1 aromatic heterocycles. The zero-order chi connectivity index (χ0) is 23.8.